The van der Waals surface area contributed by atoms with Gasteiger partial charge in [-0.15, -0.1) is 0 Å². The van der Waals surface area contributed by atoms with Crippen molar-refractivity contribution in [3.8, 4) is 11.5 Å². The second kappa shape index (κ2) is 8.59. The van der Waals surface area contributed by atoms with Gasteiger partial charge in [-0.2, -0.15) is 0 Å². The number of ether oxygens (including phenoxy) is 3. The largest absolute Gasteiger partial charge is 0.493 e. The number of rotatable bonds is 6. The second-order valence-corrected chi connectivity index (χ2v) is 7.42. The van der Waals surface area contributed by atoms with E-state index in [9.17, 15) is 4.79 Å². The predicted octanol–water partition coefficient (Wildman–Crippen LogP) is 5.28. The summed E-state index contributed by atoms with van der Waals surface area (Å²) in [5, 5.41) is 0. The first kappa shape index (κ1) is 20.0. The second-order valence-electron chi connectivity index (χ2n) is 6.56. The zero-order valence-electron chi connectivity index (χ0n) is 16.3. The highest BCUT2D eigenvalue weighted by molar-refractivity contribution is 9.10. The Morgan fingerprint density at radius 1 is 1.17 bits per heavy atom. The van der Waals surface area contributed by atoms with Crippen LogP contribution in [0.1, 0.15) is 22.5 Å². The third-order valence-electron chi connectivity index (χ3n) is 4.54. The van der Waals surface area contributed by atoms with E-state index in [1.54, 1.807) is 31.4 Å². The molecule has 152 valence electrons. The molecule has 0 radical (unpaired) electrons. The lowest BCUT2D eigenvalue weighted by molar-refractivity contribution is -0.130. The lowest BCUT2D eigenvalue weighted by Crippen LogP contribution is -2.04. The van der Waals surface area contributed by atoms with Crippen molar-refractivity contribution in [3.05, 3.63) is 87.4 Å². The molecule has 6 nitrogen and oxygen atoms in total. The van der Waals surface area contributed by atoms with Crippen LogP contribution in [0, 0.1) is 6.92 Å². The van der Waals surface area contributed by atoms with Crippen LogP contribution in [0.2, 0.25) is 0 Å². The average molecular weight is 468 g/mol. The van der Waals surface area contributed by atoms with Crippen LogP contribution in [0.3, 0.4) is 0 Å². The monoisotopic (exact) mass is 467 g/mol. The van der Waals surface area contributed by atoms with E-state index >= 15 is 0 Å². The van der Waals surface area contributed by atoms with Gasteiger partial charge in [0.05, 0.1) is 17.8 Å². The lowest BCUT2D eigenvalue weighted by atomic mass is 10.1. The van der Waals surface area contributed by atoms with E-state index in [1.165, 1.54) is 6.26 Å². The van der Waals surface area contributed by atoms with Crippen molar-refractivity contribution in [2.24, 2.45) is 4.99 Å². The number of hydrogen-bond acceptors (Lipinski definition) is 6. The maximum absolute atomic E-state index is 12.2. The van der Waals surface area contributed by atoms with E-state index in [4.69, 9.17) is 18.6 Å². The molecule has 30 heavy (non-hydrogen) atoms. The molecule has 0 fully saturated rings. The van der Waals surface area contributed by atoms with Gasteiger partial charge in [0.25, 0.3) is 5.90 Å². The summed E-state index contributed by atoms with van der Waals surface area (Å²) >= 11 is 3.54. The Bertz CT molecular complexity index is 1150. The molecular weight excluding hydrogens is 450 g/mol. The van der Waals surface area contributed by atoms with Crippen LogP contribution in [0.5, 0.6) is 11.5 Å². The Morgan fingerprint density at radius 2 is 2.00 bits per heavy atom. The fourth-order valence-electron chi connectivity index (χ4n) is 2.96. The highest BCUT2D eigenvalue weighted by Crippen LogP contribution is 2.38. The Hall–Kier alpha value is -3.32. The summed E-state index contributed by atoms with van der Waals surface area (Å²) in [5.74, 6) is 1.10. The fraction of sp³-hybridized carbons (Fsp3) is 0.130. The van der Waals surface area contributed by atoms with E-state index in [2.05, 4.69) is 20.9 Å². The van der Waals surface area contributed by atoms with E-state index in [1.807, 2.05) is 37.3 Å². The number of hydrogen-bond donors (Lipinski definition) is 0. The number of esters is 1. The van der Waals surface area contributed by atoms with Crippen LogP contribution in [-0.4, -0.2) is 19.0 Å². The summed E-state index contributed by atoms with van der Waals surface area (Å²) in [4.78, 5) is 16.4. The van der Waals surface area contributed by atoms with Gasteiger partial charge in [0.15, 0.2) is 23.0 Å². The van der Waals surface area contributed by atoms with Gasteiger partial charge in [-0.1, -0.05) is 24.3 Å². The van der Waals surface area contributed by atoms with E-state index in [0.29, 0.717) is 33.9 Å². The van der Waals surface area contributed by atoms with Crippen molar-refractivity contribution in [3.63, 3.8) is 0 Å². The van der Waals surface area contributed by atoms with Crippen LogP contribution in [0.25, 0.3) is 6.08 Å². The minimum atomic E-state index is -0.545. The topological polar surface area (TPSA) is 70.3 Å². The SMILES string of the molecule is COc1cc(C=C2N=C(c3ccco3)OC2=O)cc(Br)c1OCc1ccccc1C. The smallest absolute Gasteiger partial charge is 0.363 e. The summed E-state index contributed by atoms with van der Waals surface area (Å²) in [6, 6.07) is 15.0. The molecule has 3 aromatic rings. The molecule has 7 heteroatoms. The summed E-state index contributed by atoms with van der Waals surface area (Å²) in [6.07, 6.45) is 3.11. The van der Waals surface area contributed by atoms with Gasteiger partial charge >= 0.3 is 5.97 Å². The van der Waals surface area contributed by atoms with Gasteiger partial charge in [-0.3, -0.25) is 0 Å². The minimum absolute atomic E-state index is 0.139. The highest BCUT2D eigenvalue weighted by Gasteiger charge is 2.26. The summed E-state index contributed by atoms with van der Waals surface area (Å²) in [5.41, 5.74) is 3.12. The van der Waals surface area contributed by atoms with E-state index in [0.717, 1.165) is 11.1 Å². The van der Waals surface area contributed by atoms with Crippen molar-refractivity contribution in [1.82, 2.24) is 0 Å². The number of benzene rings is 2. The first-order chi connectivity index (χ1) is 14.5. The van der Waals surface area contributed by atoms with Crippen molar-refractivity contribution < 1.29 is 23.4 Å². The van der Waals surface area contributed by atoms with E-state index < -0.39 is 5.97 Å². The quantitative estimate of drug-likeness (QED) is 0.364. The molecule has 0 saturated heterocycles. The first-order valence-corrected chi connectivity index (χ1v) is 9.95. The number of halogens is 1. The molecule has 2 aromatic carbocycles. The number of methoxy groups -OCH3 is 1. The van der Waals surface area contributed by atoms with Gasteiger partial charge < -0.3 is 18.6 Å². The number of carbonyl (C=O) groups excluding carboxylic acids is 1. The molecule has 2 heterocycles. The maximum Gasteiger partial charge on any atom is 0.363 e. The number of aryl methyl sites for hydroxylation is 1. The standard InChI is InChI=1S/C23H18BrNO5/c1-14-6-3-4-7-16(14)13-29-21-17(24)10-15(12-20(21)27-2)11-18-23(26)30-22(25-18)19-8-5-9-28-19/h3-12H,13H2,1-2H3. The Kier molecular flexibility index (Phi) is 5.72. The molecule has 0 atom stereocenters. The number of cyclic esters (lactones) is 1. The Morgan fingerprint density at radius 3 is 2.73 bits per heavy atom. The normalized spacial score (nSPS) is 14.6. The number of aliphatic imine (C=N–C) groups is 1. The molecule has 0 unspecified atom stereocenters. The molecule has 0 saturated carbocycles. The third kappa shape index (κ3) is 4.16. The molecule has 1 aromatic heterocycles. The van der Waals surface area contributed by atoms with Gasteiger partial charge in [0.1, 0.15) is 6.61 Å². The lowest BCUT2D eigenvalue weighted by Gasteiger charge is -2.14. The van der Waals surface area contributed by atoms with Crippen molar-refractivity contribution in [2.75, 3.05) is 7.11 Å². The molecule has 0 aliphatic carbocycles. The molecule has 0 bridgehead atoms. The molecule has 0 spiro atoms. The predicted molar refractivity (Wildman–Crippen MR) is 116 cm³/mol. The molecule has 0 amide bonds. The van der Waals surface area contributed by atoms with Crippen LogP contribution >= 0.6 is 15.9 Å². The molecule has 1 aliphatic heterocycles. The van der Waals surface area contributed by atoms with Crippen molar-refractivity contribution >= 4 is 33.9 Å². The summed E-state index contributed by atoms with van der Waals surface area (Å²) in [6.45, 7) is 2.45. The molecule has 0 N–H and O–H groups in total. The third-order valence-corrected chi connectivity index (χ3v) is 5.13. The molecular formula is C23H18BrNO5. The van der Waals surface area contributed by atoms with Gasteiger partial charge in [-0.05, 0) is 69.9 Å². The first-order valence-electron chi connectivity index (χ1n) is 9.16. The van der Waals surface area contributed by atoms with Gasteiger partial charge in [-0.25, -0.2) is 9.79 Å². The minimum Gasteiger partial charge on any atom is -0.493 e. The van der Waals surface area contributed by atoms with Crippen LogP contribution in [-0.2, 0) is 16.1 Å². The van der Waals surface area contributed by atoms with Crippen LogP contribution in [0.15, 0.2) is 74.4 Å². The summed E-state index contributed by atoms with van der Waals surface area (Å²) < 4.78 is 22.6. The van der Waals surface area contributed by atoms with Gasteiger partial charge in [0.2, 0.25) is 0 Å². The highest BCUT2D eigenvalue weighted by atomic mass is 79.9. The van der Waals surface area contributed by atoms with Crippen LogP contribution in [0.4, 0.5) is 0 Å². The Labute approximate surface area is 181 Å². The number of nitrogens with zero attached hydrogens (tertiary/aromatic N) is 1. The zero-order chi connectivity index (χ0) is 21.1. The number of furan rings is 1. The molecule has 4 rings (SSSR count). The summed E-state index contributed by atoms with van der Waals surface area (Å²) in [7, 11) is 1.57. The Balaban J connectivity index is 1.60. The average Bonchev–Trinajstić information content (AvgIpc) is 3.38. The zero-order valence-corrected chi connectivity index (χ0v) is 17.9. The van der Waals surface area contributed by atoms with Crippen LogP contribution < -0.4 is 9.47 Å². The number of carbonyl (C=O) groups is 1. The van der Waals surface area contributed by atoms with Gasteiger partial charge in [0, 0.05) is 0 Å². The maximum atomic E-state index is 12.2. The van der Waals surface area contributed by atoms with E-state index in [-0.39, 0.29) is 11.6 Å². The fourth-order valence-corrected chi connectivity index (χ4v) is 3.53. The van der Waals surface area contributed by atoms with Crippen molar-refractivity contribution in [2.45, 2.75) is 13.5 Å². The van der Waals surface area contributed by atoms with Crippen molar-refractivity contribution in [1.29, 1.82) is 0 Å². The molecule has 1 aliphatic rings.